The lowest BCUT2D eigenvalue weighted by molar-refractivity contribution is -0.116. The SMILES string of the molecule is CN(C)c1ccc(NC(=O)CN(Cc2ccccn2)S(C)(=O)=O)cc1. The first-order valence-electron chi connectivity index (χ1n) is 7.68. The molecule has 1 N–H and O–H groups in total. The Labute approximate surface area is 148 Å². The lowest BCUT2D eigenvalue weighted by Crippen LogP contribution is -2.37. The zero-order valence-electron chi connectivity index (χ0n) is 14.5. The number of amides is 1. The fraction of sp³-hybridized carbons (Fsp3) is 0.294. The molecule has 0 radical (unpaired) electrons. The number of nitrogens with one attached hydrogen (secondary N) is 1. The molecule has 1 aromatic carbocycles. The van der Waals surface area contributed by atoms with E-state index in [0.29, 0.717) is 11.4 Å². The van der Waals surface area contributed by atoms with Gasteiger partial charge in [-0.1, -0.05) is 6.07 Å². The van der Waals surface area contributed by atoms with Crippen LogP contribution in [0.4, 0.5) is 11.4 Å². The van der Waals surface area contributed by atoms with Crippen molar-refractivity contribution in [3.8, 4) is 0 Å². The third-order valence-corrected chi connectivity index (χ3v) is 4.72. The van der Waals surface area contributed by atoms with Crippen molar-refractivity contribution in [2.45, 2.75) is 6.54 Å². The zero-order valence-corrected chi connectivity index (χ0v) is 15.3. The molecule has 2 aromatic rings. The summed E-state index contributed by atoms with van der Waals surface area (Å²) in [6.07, 6.45) is 2.66. The van der Waals surface area contributed by atoms with Crippen molar-refractivity contribution in [1.82, 2.24) is 9.29 Å². The Balaban J connectivity index is 2.04. The molecule has 1 amide bonds. The monoisotopic (exact) mass is 362 g/mol. The number of rotatable bonds is 7. The number of hydrogen-bond acceptors (Lipinski definition) is 5. The Morgan fingerprint density at radius 1 is 1.12 bits per heavy atom. The highest BCUT2D eigenvalue weighted by atomic mass is 32.2. The number of anilines is 2. The van der Waals surface area contributed by atoms with Crippen molar-refractivity contribution in [3.63, 3.8) is 0 Å². The van der Waals surface area contributed by atoms with Crippen LogP contribution in [0.1, 0.15) is 5.69 Å². The summed E-state index contributed by atoms with van der Waals surface area (Å²) >= 11 is 0. The van der Waals surface area contributed by atoms with Crippen LogP contribution in [0.15, 0.2) is 48.7 Å². The van der Waals surface area contributed by atoms with Gasteiger partial charge in [0.05, 0.1) is 25.0 Å². The summed E-state index contributed by atoms with van der Waals surface area (Å²) in [7, 11) is 0.309. The molecule has 0 saturated heterocycles. The number of aromatic nitrogens is 1. The average molecular weight is 362 g/mol. The van der Waals surface area contributed by atoms with Crippen molar-refractivity contribution in [2.24, 2.45) is 0 Å². The van der Waals surface area contributed by atoms with Crippen LogP contribution in [-0.2, 0) is 21.4 Å². The highest BCUT2D eigenvalue weighted by Crippen LogP contribution is 2.16. The minimum absolute atomic E-state index is 0.0483. The normalized spacial score (nSPS) is 11.4. The van der Waals surface area contributed by atoms with Crippen molar-refractivity contribution >= 4 is 27.3 Å². The molecule has 2 rings (SSSR count). The van der Waals surface area contributed by atoms with Crippen LogP contribution in [0.3, 0.4) is 0 Å². The van der Waals surface area contributed by atoms with Gasteiger partial charge in [0.2, 0.25) is 15.9 Å². The lowest BCUT2D eigenvalue weighted by atomic mass is 10.2. The molecular weight excluding hydrogens is 340 g/mol. The van der Waals surface area contributed by atoms with Crippen LogP contribution in [0.2, 0.25) is 0 Å². The fourth-order valence-corrected chi connectivity index (χ4v) is 2.88. The van der Waals surface area contributed by atoms with Gasteiger partial charge in [-0.3, -0.25) is 9.78 Å². The molecule has 0 unspecified atom stereocenters. The van der Waals surface area contributed by atoms with E-state index in [1.807, 2.05) is 31.1 Å². The van der Waals surface area contributed by atoms with Crippen LogP contribution in [-0.4, -0.2) is 50.5 Å². The Bertz CT molecular complexity index is 806. The summed E-state index contributed by atoms with van der Waals surface area (Å²) in [5.41, 5.74) is 2.20. The van der Waals surface area contributed by atoms with E-state index in [2.05, 4.69) is 10.3 Å². The summed E-state index contributed by atoms with van der Waals surface area (Å²) in [5, 5.41) is 2.71. The predicted octanol–water partition coefficient (Wildman–Crippen LogP) is 1.55. The van der Waals surface area contributed by atoms with E-state index in [0.717, 1.165) is 16.2 Å². The van der Waals surface area contributed by atoms with Gasteiger partial charge in [-0.25, -0.2) is 8.42 Å². The maximum Gasteiger partial charge on any atom is 0.239 e. The van der Waals surface area contributed by atoms with E-state index in [9.17, 15) is 13.2 Å². The van der Waals surface area contributed by atoms with Crippen LogP contribution in [0.5, 0.6) is 0 Å². The first-order valence-corrected chi connectivity index (χ1v) is 9.53. The molecule has 0 bridgehead atoms. The molecule has 0 atom stereocenters. The number of sulfonamides is 1. The maximum atomic E-state index is 12.2. The van der Waals surface area contributed by atoms with Gasteiger partial charge < -0.3 is 10.2 Å². The third-order valence-electron chi connectivity index (χ3n) is 3.52. The molecule has 134 valence electrons. The summed E-state index contributed by atoms with van der Waals surface area (Å²) in [5.74, 6) is -0.404. The molecule has 1 aromatic heterocycles. The number of carbonyl (C=O) groups is 1. The first-order chi connectivity index (χ1) is 11.8. The molecule has 0 aliphatic heterocycles. The molecule has 0 fully saturated rings. The topological polar surface area (TPSA) is 82.6 Å². The number of pyridine rings is 1. The molecule has 0 saturated carbocycles. The predicted molar refractivity (Wildman–Crippen MR) is 98.9 cm³/mol. The van der Waals surface area contributed by atoms with E-state index in [4.69, 9.17) is 0 Å². The van der Waals surface area contributed by atoms with Crippen LogP contribution < -0.4 is 10.2 Å². The molecule has 1 heterocycles. The minimum Gasteiger partial charge on any atom is -0.378 e. The standard InChI is InChI=1S/C17H22N4O3S/c1-20(2)16-9-7-14(8-10-16)19-17(22)13-21(25(3,23)24)12-15-6-4-5-11-18-15/h4-11H,12-13H2,1-3H3,(H,19,22). The molecule has 0 spiro atoms. The summed E-state index contributed by atoms with van der Waals surface area (Å²) < 4.78 is 25.0. The van der Waals surface area contributed by atoms with Gasteiger partial charge >= 0.3 is 0 Å². The van der Waals surface area contributed by atoms with Gasteiger partial charge in [-0.2, -0.15) is 4.31 Å². The molecule has 0 aliphatic carbocycles. The third kappa shape index (κ3) is 5.84. The number of nitrogens with zero attached hydrogens (tertiary/aromatic N) is 3. The zero-order chi connectivity index (χ0) is 18.4. The van der Waals surface area contributed by atoms with Gasteiger partial charge in [0.25, 0.3) is 0 Å². The molecule has 7 nitrogen and oxygen atoms in total. The number of benzene rings is 1. The Morgan fingerprint density at radius 3 is 2.32 bits per heavy atom. The summed E-state index contributed by atoms with van der Waals surface area (Å²) in [4.78, 5) is 18.3. The fourth-order valence-electron chi connectivity index (χ4n) is 2.17. The minimum atomic E-state index is -3.54. The highest BCUT2D eigenvalue weighted by Gasteiger charge is 2.21. The van der Waals surface area contributed by atoms with Crippen LogP contribution >= 0.6 is 0 Å². The van der Waals surface area contributed by atoms with Crippen molar-refractivity contribution in [2.75, 3.05) is 37.1 Å². The lowest BCUT2D eigenvalue weighted by Gasteiger charge is -2.19. The van der Waals surface area contributed by atoms with Gasteiger partial charge in [0, 0.05) is 31.7 Å². The average Bonchev–Trinajstić information content (AvgIpc) is 2.55. The maximum absolute atomic E-state index is 12.2. The Kier molecular flexibility index (Phi) is 6.11. The highest BCUT2D eigenvalue weighted by molar-refractivity contribution is 7.88. The van der Waals surface area contributed by atoms with Gasteiger partial charge in [0.1, 0.15) is 0 Å². The smallest absolute Gasteiger partial charge is 0.239 e. The molecule has 25 heavy (non-hydrogen) atoms. The first kappa shape index (κ1) is 18.9. The van der Waals surface area contributed by atoms with Gasteiger partial charge in [-0.15, -0.1) is 0 Å². The summed E-state index contributed by atoms with van der Waals surface area (Å²) in [6, 6.07) is 12.5. The molecular formula is C17H22N4O3S. The second-order valence-corrected chi connectivity index (χ2v) is 7.82. The van der Waals surface area contributed by atoms with E-state index in [1.165, 1.54) is 0 Å². The Morgan fingerprint density at radius 2 is 1.80 bits per heavy atom. The molecule has 0 aliphatic rings. The largest absolute Gasteiger partial charge is 0.378 e. The van der Waals surface area contributed by atoms with Gasteiger partial charge in [-0.05, 0) is 36.4 Å². The van der Waals surface area contributed by atoms with Crippen LogP contribution in [0.25, 0.3) is 0 Å². The van der Waals surface area contributed by atoms with E-state index in [1.54, 1.807) is 36.5 Å². The second-order valence-electron chi connectivity index (χ2n) is 5.84. The summed E-state index contributed by atoms with van der Waals surface area (Å²) in [6.45, 7) is -0.225. The number of hydrogen-bond donors (Lipinski definition) is 1. The van der Waals surface area contributed by atoms with E-state index in [-0.39, 0.29) is 13.1 Å². The van der Waals surface area contributed by atoms with Crippen molar-refractivity contribution in [3.05, 3.63) is 54.4 Å². The van der Waals surface area contributed by atoms with Crippen molar-refractivity contribution in [1.29, 1.82) is 0 Å². The quantitative estimate of drug-likeness (QED) is 0.808. The van der Waals surface area contributed by atoms with Crippen molar-refractivity contribution < 1.29 is 13.2 Å². The van der Waals surface area contributed by atoms with Gasteiger partial charge in [0.15, 0.2) is 0 Å². The molecule has 8 heteroatoms. The van der Waals surface area contributed by atoms with Crippen LogP contribution in [0, 0.1) is 0 Å². The van der Waals surface area contributed by atoms with E-state index < -0.39 is 15.9 Å². The Hall–Kier alpha value is -2.45. The second kappa shape index (κ2) is 8.09. The number of carbonyl (C=O) groups excluding carboxylic acids is 1. The van der Waals surface area contributed by atoms with E-state index >= 15 is 0 Å².